The van der Waals surface area contributed by atoms with Crippen molar-refractivity contribution in [3.8, 4) is 0 Å². The summed E-state index contributed by atoms with van der Waals surface area (Å²) in [5.41, 5.74) is 0. The molecule has 0 aliphatic carbocycles. The third-order valence-electron chi connectivity index (χ3n) is 3.57. The van der Waals surface area contributed by atoms with Crippen LogP contribution in [0.15, 0.2) is 29.9 Å². The molecule has 0 spiro atoms. The Morgan fingerprint density at radius 2 is 2.32 bits per heavy atom. The van der Waals surface area contributed by atoms with Gasteiger partial charge in [0, 0.05) is 43.6 Å². The van der Waals surface area contributed by atoms with Gasteiger partial charge in [0.25, 0.3) is 0 Å². The summed E-state index contributed by atoms with van der Waals surface area (Å²) >= 11 is 1.78. The molecule has 0 radical (unpaired) electrons. The molecule has 3 rings (SSSR count). The summed E-state index contributed by atoms with van der Waals surface area (Å²) in [5.74, 6) is 1.08. The summed E-state index contributed by atoms with van der Waals surface area (Å²) in [7, 11) is 2.05. The number of ether oxygens (including phenoxy) is 1. The lowest BCUT2D eigenvalue weighted by Crippen LogP contribution is -2.38. The normalized spacial score (nSPS) is 18.6. The van der Waals surface area contributed by atoms with E-state index >= 15 is 0 Å². The molecule has 0 amide bonds. The molecule has 0 aromatic carbocycles. The van der Waals surface area contributed by atoms with E-state index in [1.807, 2.05) is 12.4 Å². The molecule has 1 fully saturated rings. The highest BCUT2D eigenvalue weighted by atomic mass is 32.1. The van der Waals surface area contributed by atoms with Crippen LogP contribution in [-0.2, 0) is 11.8 Å². The van der Waals surface area contributed by atoms with E-state index in [0.29, 0.717) is 6.04 Å². The Morgan fingerprint density at radius 3 is 2.95 bits per heavy atom. The molecule has 2 aromatic heterocycles. The summed E-state index contributed by atoms with van der Waals surface area (Å²) < 4.78 is 7.52. The van der Waals surface area contributed by atoms with Crippen molar-refractivity contribution in [2.45, 2.75) is 24.9 Å². The van der Waals surface area contributed by atoms with Gasteiger partial charge in [0.15, 0.2) is 0 Å². The lowest BCUT2D eigenvalue weighted by molar-refractivity contribution is 0.0758. The molecule has 19 heavy (non-hydrogen) atoms. The number of hydrogen-bond donors (Lipinski definition) is 1. The van der Waals surface area contributed by atoms with E-state index in [4.69, 9.17) is 4.74 Å². The van der Waals surface area contributed by atoms with Crippen molar-refractivity contribution in [1.82, 2.24) is 14.9 Å². The smallest absolute Gasteiger partial charge is 0.131 e. The van der Waals surface area contributed by atoms with E-state index in [2.05, 4.69) is 39.4 Å². The molecular weight excluding hydrogens is 258 g/mol. The SMILES string of the molecule is Cn1ccnc1C(NC1CCOCC1)c1cccs1. The lowest BCUT2D eigenvalue weighted by atomic mass is 10.1. The Hall–Kier alpha value is -1.17. The van der Waals surface area contributed by atoms with Gasteiger partial charge in [0.05, 0.1) is 0 Å². The highest BCUT2D eigenvalue weighted by Crippen LogP contribution is 2.26. The number of aryl methyl sites for hydroxylation is 1. The van der Waals surface area contributed by atoms with Crippen LogP contribution in [0, 0.1) is 0 Å². The predicted octanol–water partition coefficient (Wildman–Crippen LogP) is 2.34. The quantitative estimate of drug-likeness (QED) is 0.932. The summed E-state index contributed by atoms with van der Waals surface area (Å²) in [6.07, 6.45) is 6.02. The molecule has 1 aliphatic rings. The molecule has 1 unspecified atom stereocenters. The van der Waals surface area contributed by atoms with Gasteiger partial charge < -0.3 is 14.6 Å². The molecule has 0 saturated carbocycles. The molecular formula is C14H19N3OS. The molecule has 0 bridgehead atoms. The van der Waals surface area contributed by atoms with Gasteiger partial charge in [-0.05, 0) is 24.3 Å². The van der Waals surface area contributed by atoms with Crippen LogP contribution in [-0.4, -0.2) is 28.8 Å². The minimum atomic E-state index is 0.183. The van der Waals surface area contributed by atoms with Crippen molar-refractivity contribution in [3.63, 3.8) is 0 Å². The molecule has 4 nitrogen and oxygen atoms in total. The van der Waals surface area contributed by atoms with Crippen LogP contribution in [0.25, 0.3) is 0 Å². The van der Waals surface area contributed by atoms with Crippen LogP contribution in [0.2, 0.25) is 0 Å². The van der Waals surface area contributed by atoms with Crippen molar-refractivity contribution >= 4 is 11.3 Å². The molecule has 1 N–H and O–H groups in total. The molecule has 1 saturated heterocycles. The van der Waals surface area contributed by atoms with Gasteiger partial charge in [-0.3, -0.25) is 0 Å². The highest BCUT2D eigenvalue weighted by Gasteiger charge is 2.24. The molecule has 1 aliphatic heterocycles. The molecule has 3 heterocycles. The van der Waals surface area contributed by atoms with Crippen LogP contribution < -0.4 is 5.32 Å². The van der Waals surface area contributed by atoms with Gasteiger partial charge in [0.1, 0.15) is 11.9 Å². The standard InChI is InChI=1S/C14H19N3OS/c1-17-7-6-15-14(17)13(12-3-2-10-19-12)16-11-4-8-18-9-5-11/h2-3,6-7,10-11,13,16H,4-5,8-9H2,1H3. The average molecular weight is 277 g/mol. The van der Waals surface area contributed by atoms with Crippen molar-refractivity contribution < 1.29 is 4.74 Å². The third kappa shape index (κ3) is 2.88. The number of hydrogen-bond acceptors (Lipinski definition) is 4. The summed E-state index contributed by atoms with van der Waals surface area (Å²) in [6, 6.07) is 4.97. The Bertz CT molecular complexity index is 503. The first kappa shape index (κ1) is 12.8. The Kier molecular flexibility index (Phi) is 3.96. The van der Waals surface area contributed by atoms with E-state index in [0.717, 1.165) is 31.9 Å². The molecule has 2 aromatic rings. The maximum atomic E-state index is 5.43. The minimum absolute atomic E-state index is 0.183. The Labute approximate surface area is 117 Å². The average Bonchev–Trinajstić information content (AvgIpc) is 3.09. The zero-order valence-corrected chi connectivity index (χ0v) is 11.9. The van der Waals surface area contributed by atoms with Crippen molar-refractivity contribution in [2.75, 3.05) is 13.2 Å². The van der Waals surface area contributed by atoms with E-state index in [9.17, 15) is 0 Å². The maximum absolute atomic E-state index is 5.43. The van der Waals surface area contributed by atoms with E-state index in [1.165, 1.54) is 4.88 Å². The topological polar surface area (TPSA) is 39.1 Å². The summed E-state index contributed by atoms with van der Waals surface area (Å²) in [4.78, 5) is 5.83. The van der Waals surface area contributed by atoms with Gasteiger partial charge in [0.2, 0.25) is 0 Å². The minimum Gasteiger partial charge on any atom is -0.381 e. The second-order valence-corrected chi connectivity index (χ2v) is 5.88. The number of nitrogens with one attached hydrogen (secondary N) is 1. The fraction of sp³-hybridized carbons (Fsp3) is 0.500. The predicted molar refractivity (Wildman–Crippen MR) is 76.3 cm³/mol. The van der Waals surface area contributed by atoms with Crippen LogP contribution in [0.3, 0.4) is 0 Å². The zero-order chi connectivity index (χ0) is 13.1. The van der Waals surface area contributed by atoms with Crippen LogP contribution in [0.4, 0.5) is 0 Å². The van der Waals surface area contributed by atoms with Crippen molar-refractivity contribution in [2.24, 2.45) is 7.05 Å². The molecule has 1 atom stereocenters. The molecule has 5 heteroatoms. The zero-order valence-electron chi connectivity index (χ0n) is 11.1. The fourth-order valence-corrected chi connectivity index (χ4v) is 3.28. The van der Waals surface area contributed by atoms with Crippen molar-refractivity contribution in [3.05, 3.63) is 40.6 Å². The highest BCUT2D eigenvalue weighted by molar-refractivity contribution is 7.10. The van der Waals surface area contributed by atoms with E-state index in [1.54, 1.807) is 11.3 Å². The number of thiophene rings is 1. The van der Waals surface area contributed by atoms with E-state index < -0.39 is 0 Å². The first-order chi connectivity index (χ1) is 9.34. The van der Waals surface area contributed by atoms with Gasteiger partial charge >= 0.3 is 0 Å². The van der Waals surface area contributed by atoms with Gasteiger partial charge in [-0.1, -0.05) is 6.07 Å². The number of aromatic nitrogens is 2. The van der Waals surface area contributed by atoms with Gasteiger partial charge in [-0.15, -0.1) is 11.3 Å². The second-order valence-electron chi connectivity index (χ2n) is 4.90. The number of imidazole rings is 1. The third-order valence-corrected chi connectivity index (χ3v) is 4.51. The second kappa shape index (κ2) is 5.86. The number of nitrogens with zero attached hydrogens (tertiary/aromatic N) is 2. The van der Waals surface area contributed by atoms with Crippen LogP contribution in [0.1, 0.15) is 29.6 Å². The fourth-order valence-electron chi connectivity index (χ4n) is 2.49. The van der Waals surface area contributed by atoms with Crippen LogP contribution in [0.5, 0.6) is 0 Å². The monoisotopic (exact) mass is 277 g/mol. The van der Waals surface area contributed by atoms with Gasteiger partial charge in [-0.25, -0.2) is 4.98 Å². The largest absolute Gasteiger partial charge is 0.381 e. The van der Waals surface area contributed by atoms with Crippen molar-refractivity contribution in [1.29, 1.82) is 0 Å². The Morgan fingerprint density at radius 1 is 1.47 bits per heavy atom. The number of rotatable bonds is 4. The Balaban J connectivity index is 1.82. The van der Waals surface area contributed by atoms with Gasteiger partial charge in [-0.2, -0.15) is 0 Å². The maximum Gasteiger partial charge on any atom is 0.131 e. The first-order valence-corrected chi connectivity index (χ1v) is 7.57. The summed E-state index contributed by atoms with van der Waals surface area (Å²) in [6.45, 7) is 1.71. The van der Waals surface area contributed by atoms with E-state index in [-0.39, 0.29) is 6.04 Å². The first-order valence-electron chi connectivity index (χ1n) is 6.69. The van der Waals surface area contributed by atoms with Crippen LogP contribution >= 0.6 is 11.3 Å². The lowest BCUT2D eigenvalue weighted by Gasteiger charge is -2.28. The summed E-state index contributed by atoms with van der Waals surface area (Å²) in [5, 5.41) is 5.87. The molecule has 102 valence electrons.